The van der Waals surface area contributed by atoms with Crippen LogP contribution in [0.1, 0.15) is 6.42 Å². The number of carbonyl (C=O) groups excluding carboxylic acids is 1. The van der Waals surface area contributed by atoms with Gasteiger partial charge in [0.25, 0.3) is 0 Å². The molecule has 0 radical (unpaired) electrons. The molecule has 2 aromatic rings. The Morgan fingerprint density at radius 1 is 1.29 bits per heavy atom. The molecule has 0 aliphatic rings. The molecule has 1 aromatic carbocycles. The molecule has 21 heavy (non-hydrogen) atoms. The van der Waals surface area contributed by atoms with E-state index >= 15 is 0 Å². The van der Waals surface area contributed by atoms with Crippen LogP contribution in [0, 0.1) is 0 Å². The molecule has 0 fully saturated rings. The third-order valence-electron chi connectivity index (χ3n) is 2.77. The van der Waals surface area contributed by atoms with Gasteiger partial charge in [-0.05, 0) is 0 Å². The lowest BCUT2D eigenvalue weighted by atomic mass is 10.2. The van der Waals surface area contributed by atoms with Crippen LogP contribution in [-0.2, 0) is 9.53 Å². The van der Waals surface area contributed by atoms with E-state index in [0.29, 0.717) is 18.0 Å². The molecular formula is C15H17N3O2S. The number of hydrogen-bond donors (Lipinski definition) is 1. The van der Waals surface area contributed by atoms with Crippen LogP contribution in [0.5, 0.6) is 0 Å². The molecule has 1 heterocycles. The summed E-state index contributed by atoms with van der Waals surface area (Å²) in [6.07, 6.45) is 0.362. The quantitative estimate of drug-likeness (QED) is 0.503. The minimum Gasteiger partial charge on any atom is -0.469 e. The summed E-state index contributed by atoms with van der Waals surface area (Å²) in [5.41, 5.74) is 0.962. The number of hydrogen-bond acceptors (Lipinski definition) is 6. The summed E-state index contributed by atoms with van der Waals surface area (Å²) >= 11 is 1.51. The molecule has 6 heteroatoms. The van der Waals surface area contributed by atoms with E-state index in [1.165, 1.54) is 18.9 Å². The van der Waals surface area contributed by atoms with Gasteiger partial charge >= 0.3 is 5.97 Å². The van der Waals surface area contributed by atoms with Crippen molar-refractivity contribution in [3.63, 3.8) is 0 Å². The normalized spacial score (nSPS) is 10.2. The van der Waals surface area contributed by atoms with Gasteiger partial charge in [0.05, 0.1) is 13.5 Å². The zero-order chi connectivity index (χ0) is 15.1. The maximum absolute atomic E-state index is 11.1. The van der Waals surface area contributed by atoms with Crippen LogP contribution in [0.4, 0.5) is 5.82 Å². The Morgan fingerprint density at radius 3 is 2.71 bits per heavy atom. The molecule has 110 valence electrons. The zero-order valence-corrected chi connectivity index (χ0v) is 12.8. The smallest absolute Gasteiger partial charge is 0.306 e. The van der Waals surface area contributed by atoms with E-state index in [-0.39, 0.29) is 5.97 Å². The third-order valence-corrected chi connectivity index (χ3v) is 3.69. The Kier molecular flexibility index (Phi) is 5.57. The van der Waals surface area contributed by atoms with Crippen molar-refractivity contribution in [1.82, 2.24) is 9.97 Å². The lowest BCUT2D eigenvalue weighted by Crippen LogP contribution is -2.02. The van der Waals surface area contributed by atoms with E-state index in [9.17, 15) is 4.79 Å². The van der Waals surface area contributed by atoms with E-state index in [4.69, 9.17) is 0 Å². The molecule has 0 saturated heterocycles. The number of nitrogens with one attached hydrogen (secondary N) is 1. The van der Waals surface area contributed by atoms with Crippen LogP contribution in [0.25, 0.3) is 11.4 Å². The van der Waals surface area contributed by atoms with Crippen LogP contribution < -0.4 is 5.32 Å². The second-order valence-electron chi connectivity index (χ2n) is 4.21. The molecule has 0 atom stereocenters. The first-order valence-corrected chi connectivity index (χ1v) is 7.53. The Balaban J connectivity index is 2.16. The summed E-state index contributed by atoms with van der Waals surface area (Å²) in [5, 5.41) is 3.86. The maximum Gasteiger partial charge on any atom is 0.306 e. The second-order valence-corrected chi connectivity index (χ2v) is 5.32. The monoisotopic (exact) mass is 303 g/mol. The number of esters is 1. The van der Waals surface area contributed by atoms with Gasteiger partial charge in [0, 0.05) is 24.4 Å². The van der Waals surface area contributed by atoms with Crippen LogP contribution in [0.15, 0.2) is 41.4 Å². The fraction of sp³-hybridized carbons (Fsp3) is 0.267. The van der Waals surface area contributed by atoms with Crippen molar-refractivity contribution < 1.29 is 9.53 Å². The van der Waals surface area contributed by atoms with Crippen molar-refractivity contribution in [2.45, 2.75) is 11.4 Å². The number of rotatable bonds is 6. The highest BCUT2D eigenvalue weighted by Crippen LogP contribution is 2.23. The van der Waals surface area contributed by atoms with Crippen LogP contribution in [-0.4, -0.2) is 35.8 Å². The van der Waals surface area contributed by atoms with Gasteiger partial charge in [-0.25, -0.2) is 9.97 Å². The third kappa shape index (κ3) is 4.46. The Bertz CT molecular complexity index is 605. The number of aromatic nitrogens is 2. The van der Waals surface area contributed by atoms with Crippen molar-refractivity contribution >= 4 is 23.5 Å². The highest BCUT2D eigenvalue weighted by molar-refractivity contribution is 7.99. The molecule has 0 bridgehead atoms. The first-order valence-electron chi connectivity index (χ1n) is 6.55. The molecule has 0 amide bonds. The van der Waals surface area contributed by atoms with Gasteiger partial charge in [-0.2, -0.15) is 0 Å². The summed E-state index contributed by atoms with van der Waals surface area (Å²) in [4.78, 5) is 20.1. The number of carbonyl (C=O) groups is 1. The van der Waals surface area contributed by atoms with E-state index in [1.54, 1.807) is 0 Å². The van der Waals surface area contributed by atoms with Crippen LogP contribution in [0.3, 0.4) is 0 Å². The molecule has 5 nitrogen and oxygen atoms in total. The van der Waals surface area contributed by atoms with Crippen molar-refractivity contribution in [2.75, 3.05) is 25.2 Å². The molecular weight excluding hydrogens is 286 g/mol. The van der Waals surface area contributed by atoms with Crippen molar-refractivity contribution in [3.8, 4) is 11.4 Å². The maximum atomic E-state index is 11.1. The van der Waals surface area contributed by atoms with Gasteiger partial charge in [0.1, 0.15) is 10.8 Å². The molecule has 0 aliphatic carbocycles. The first kappa shape index (κ1) is 15.3. The van der Waals surface area contributed by atoms with Crippen molar-refractivity contribution in [1.29, 1.82) is 0 Å². The molecule has 1 N–H and O–H groups in total. The fourth-order valence-electron chi connectivity index (χ4n) is 1.68. The molecule has 1 aromatic heterocycles. The lowest BCUT2D eigenvalue weighted by molar-refractivity contribution is -0.140. The SMILES string of the molecule is CNc1cc(SCCC(=O)OC)nc(-c2ccccc2)n1. The number of anilines is 1. The number of ether oxygens (including phenoxy) is 1. The van der Waals surface area contributed by atoms with Crippen LogP contribution >= 0.6 is 11.8 Å². The topological polar surface area (TPSA) is 64.1 Å². The Morgan fingerprint density at radius 2 is 2.05 bits per heavy atom. The number of benzene rings is 1. The highest BCUT2D eigenvalue weighted by Gasteiger charge is 2.08. The van der Waals surface area contributed by atoms with E-state index < -0.39 is 0 Å². The standard InChI is InChI=1S/C15H17N3O2S/c1-16-12-10-13(21-9-8-14(19)20-2)18-15(17-12)11-6-4-3-5-7-11/h3-7,10H,8-9H2,1-2H3,(H,16,17,18). The molecule has 0 unspecified atom stereocenters. The van der Waals surface area contributed by atoms with Gasteiger partial charge in [-0.3, -0.25) is 4.79 Å². The molecule has 0 spiro atoms. The Hall–Kier alpha value is -2.08. The molecule has 0 saturated carbocycles. The average Bonchev–Trinajstić information content (AvgIpc) is 2.55. The van der Waals surface area contributed by atoms with Crippen molar-refractivity contribution in [2.24, 2.45) is 0 Å². The predicted octanol–water partition coefficient (Wildman–Crippen LogP) is 2.84. The van der Waals surface area contributed by atoms with Crippen molar-refractivity contribution in [3.05, 3.63) is 36.4 Å². The van der Waals surface area contributed by atoms with Gasteiger partial charge in [-0.15, -0.1) is 11.8 Å². The van der Waals surface area contributed by atoms with Gasteiger partial charge in [0.15, 0.2) is 5.82 Å². The van der Waals surface area contributed by atoms with Gasteiger partial charge < -0.3 is 10.1 Å². The number of nitrogens with zero attached hydrogens (tertiary/aromatic N) is 2. The Labute approximate surface area is 128 Å². The minimum absolute atomic E-state index is 0.214. The fourth-order valence-corrected chi connectivity index (χ4v) is 2.51. The van der Waals surface area contributed by atoms with Gasteiger partial charge in [-0.1, -0.05) is 30.3 Å². The number of methoxy groups -OCH3 is 1. The van der Waals surface area contributed by atoms with Crippen LogP contribution in [0.2, 0.25) is 0 Å². The van der Waals surface area contributed by atoms with Gasteiger partial charge in [0.2, 0.25) is 0 Å². The zero-order valence-electron chi connectivity index (χ0n) is 12.0. The summed E-state index contributed by atoms with van der Waals surface area (Å²) in [7, 11) is 3.21. The molecule has 0 aliphatic heterocycles. The highest BCUT2D eigenvalue weighted by atomic mass is 32.2. The predicted molar refractivity (Wildman–Crippen MR) is 84.4 cm³/mol. The largest absolute Gasteiger partial charge is 0.469 e. The average molecular weight is 303 g/mol. The summed E-state index contributed by atoms with van der Waals surface area (Å²) in [6.45, 7) is 0. The molecule has 2 rings (SSSR count). The summed E-state index contributed by atoms with van der Waals surface area (Å²) in [6, 6.07) is 11.7. The van der Waals surface area contributed by atoms with E-state index in [1.807, 2.05) is 43.4 Å². The second kappa shape index (κ2) is 7.64. The van der Waals surface area contributed by atoms with E-state index in [2.05, 4.69) is 20.0 Å². The summed E-state index contributed by atoms with van der Waals surface area (Å²) < 4.78 is 4.63. The first-order chi connectivity index (χ1) is 10.2. The minimum atomic E-state index is -0.214. The number of thioether (sulfide) groups is 1. The van der Waals surface area contributed by atoms with E-state index in [0.717, 1.165) is 16.4 Å². The lowest BCUT2D eigenvalue weighted by Gasteiger charge is -2.07. The summed E-state index contributed by atoms with van der Waals surface area (Å²) in [5.74, 6) is 1.84.